The van der Waals surface area contributed by atoms with E-state index in [-0.39, 0.29) is 17.5 Å². The number of halogens is 1. The first kappa shape index (κ1) is 17.1. The van der Waals surface area contributed by atoms with Crippen molar-refractivity contribution in [3.8, 4) is 0 Å². The van der Waals surface area contributed by atoms with Crippen LogP contribution in [0.15, 0.2) is 14.7 Å². The van der Waals surface area contributed by atoms with Crippen LogP contribution in [-0.2, 0) is 21.3 Å². The highest BCUT2D eigenvalue weighted by atomic mass is 79.9. The molecule has 0 bridgehead atoms. The third kappa shape index (κ3) is 5.13. The maximum Gasteiger partial charge on any atom is 0.242 e. The summed E-state index contributed by atoms with van der Waals surface area (Å²) in [5, 5.41) is 3.00. The molecule has 0 fully saturated rings. The Hall–Kier alpha value is 0.01000. The van der Waals surface area contributed by atoms with Crippen LogP contribution in [0, 0.1) is 0 Å². The number of ether oxygens (including phenoxy) is 1. The van der Waals surface area contributed by atoms with Crippen molar-refractivity contribution >= 4 is 37.3 Å². The van der Waals surface area contributed by atoms with Gasteiger partial charge >= 0.3 is 0 Å². The van der Waals surface area contributed by atoms with Crippen LogP contribution in [0.2, 0.25) is 0 Å². The van der Waals surface area contributed by atoms with Gasteiger partial charge in [-0.3, -0.25) is 0 Å². The largest absolute Gasteiger partial charge is 0.377 e. The third-order valence-electron chi connectivity index (χ3n) is 2.36. The molecule has 1 aromatic rings. The van der Waals surface area contributed by atoms with E-state index in [1.54, 1.807) is 6.07 Å². The van der Waals surface area contributed by atoms with Crippen molar-refractivity contribution in [2.24, 2.45) is 0 Å². The molecule has 1 atom stereocenters. The molecular weight excluding hydrogens is 352 g/mol. The highest BCUT2D eigenvalue weighted by molar-refractivity contribution is 9.11. The molecule has 1 unspecified atom stereocenters. The number of sulfonamides is 1. The van der Waals surface area contributed by atoms with Crippen molar-refractivity contribution in [3.05, 3.63) is 14.7 Å². The predicted octanol–water partition coefficient (Wildman–Crippen LogP) is 1.93. The molecular formula is C11H19BrN2O3S2. The molecule has 0 radical (unpaired) electrons. The summed E-state index contributed by atoms with van der Waals surface area (Å²) >= 11 is 4.72. The van der Waals surface area contributed by atoms with Crippen molar-refractivity contribution in [1.29, 1.82) is 0 Å². The smallest absolute Gasteiger partial charge is 0.242 e. The Morgan fingerprint density at radius 1 is 1.53 bits per heavy atom. The van der Waals surface area contributed by atoms with Gasteiger partial charge in [-0.05, 0) is 42.9 Å². The lowest BCUT2D eigenvalue weighted by Crippen LogP contribution is -2.32. The van der Waals surface area contributed by atoms with Crippen molar-refractivity contribution in [3.63, 3.8) is 0 Å². The first-order valence-electron chi connectivity index (χ1n) is 5.94. The monoisotopic (exact) mass is 370 g/mol. The van der Waals surface area contributed by atoms with Gasteiger partial charge in [0.15, 0.2) is 0 Å². The van der Waals surface area contributed by atoms with Gasteiger partial charge in [0.05, 0.1) is 9.89 Å². The number of hydrogen-bond donors (Lipinski definition) is 2. The summed E-state index contributed by atoms with van der Waals surface area (Å²) < 4.78 is 32.8. The van der Waals surface area contributed by atoms with Gasteiger partial charge in [-0.2, -0.15) is 0 Å². The maximum absolute atomic E-state index is 12.2. The summed E-state index contributed by atoms with van der Waals surface area (Å²) in [6, 6.07) is 1.68. The zero-order chi connectivity index (χ0) is 14.5. The molecule has 0 spiro atoms. The Balaban J connectivity index is 2.76. The zero-order valence-electron chi connectivity index (χ0n) is 11.2. The molecule has 0 aromatic carbocycles. The topological polar surface area (TPSA) is 67.4 Å². The van der Waals surface area contributed by atoms with Crippen LogP contribution in [0.1, 0.15) is 18.7 Å². The van der Waals surface area contributed by atoms with Gasteiger partial charge in [0, 0.05) is 24.6 Å². The Morgan fingerprint density at radius 2 is 2.21 bits per heavy atom. The van der Waals surface area contributed by atoms with Gasteiger partial charge in [0.2, 0.25) is 10.0 Å². The molecule has 1 aromatic heterocycles. The highest BCUT2D eigenvalue weighted by Crippen LogP contribution is 2.31. The average molecular weight is 371 g/mol. The number of thiophene rings is 1. The van der Waals surface area contributed by atoms with E-state index < -0.39 is 10.0 Å². The van der Waals surface area contributed by atoms with Crippen molar-refractivity contribution in [2.45, 2.75) is 31.4 Å². The van der Waals surface area contributed by atoms with Gasteiger partial charge in [-0.25, -0.2) is 13.1 Å². The molecule has 5 nitrogen and oxygen atoms in total. The van der Waals surface area contributed by atoms with Crippen LogP contribution in [-0.4, -0.2) is 34.7 Å². The van der Waals surface area contributed by atoms with Crippen LogP contribution in [0.5, 0.6) is 0 Å². The zero-order valence-corrected chi connectivity index (χ0v) is 14.4. The third-order valence-corrected chi connectivity index (χ3v) is 6.03. The van der Waals surface area contributed by atoms with Crippen LogP contribution in [0.3, 0.4) is 0 Å². The molecule has 0 saturated heterocycles. The first-order valence-corrected chi connectivity index (χ1v) is 9.04. The molecule has 0 aliphatic rings. The van der Waals surface area contributed by atoms with E-state index in [0.29, 0.717) is 16.9 Å². The van der Waals surface area contributed by atoms with Crippen LogP contribution in [0.4, 0.5) is 0 Å². The summed E-state index contributed by atoms with van der Waals surface area (Å²) in [6.45, 7) is 5.19. The lowest BCUT2D eigenvalue weighted by molar-refractivity contribution is 0.0799. The Morgan fingerprint density at radius 3 is 2.79 bits per heavy atom. The van der Waals surface area contributed by atoms with E-state index in [4.69, 9.17) is 4.74 Å². The first-order chi connectivity index (χ1) is 8.90. The van der Waals surface area contributed by atoms with Gasteiger partial charge in [0.1, 0.15) is 4.90 Å². The van der Waals surface area contributed by atoms with Crippen LogP contribution < -0.4 is 10.0 Å². The molecule has 8 heteroatoms. The second-order valence-electron chi connectivity index (χ2n) is 4.00. The minimum Gasteiger partial charge on any atom is -0.377 e. The lowest BCUT2D eigenvalue weighted by atomic mass is 10.4. The fraction of sp³-hybridized carbons (Fsp3) is 0.636. The molecule has 2 N–H and O–H groups in total. The quantitative estimate of drug-likeness (QED) is 0.733. The van der Waals surface area contributed by atoms with Gasteiger partial charge in [-0.1, -0.05) is 0 Å². The minimum absolute atomic E-state index is 0.144. The molecule has 1 rings (SSSR count). The van der Waals surface area contributed by atoms with Crippen LogP contribution in [0.25, 0.3) is 0 Å². The highest BCUT2D eigenvalue weighted by Gasteiger charge is 2.21. The average Bonchev–Trinajstić information content (AvgIpc) is 2.70. The molecule has 0 saturated carbocycles. The number of rotatable bonds is 8. The summed E-state index contributed by atoms with van der Waals surface area (Å²) in [5.74, 6) is 0. The fourth-order valence-electron chi connectivity index (χ4n) is 1.49. The number of hydrogen-bond acceptors (Lipinski definition) is 5. The van der Waals surface area contributed by atoms with Gasteiger partial charge < -0.3 is 10.1 Å². The predicted molar refractivity (Wildman–Crippen MR) is 81.1 cm³/mol. The number of nitrogens with one attached hydrogen (secondary N) is 2. The van der Waals surface area contributed by atoms with E-state index >= 15 is 0 Å². The molecule has 0 aliphatic carbocycles. The molecule has 0 aliphatic heterocycles. The van der Waals surface area contributed by atoms with Crippen molar-refractivity contribution in [1.82, 2.24) is 10.0 Å². The standard InChI is InChI=1S/C11H19BrN2O3S2/c1-4-17-8(2)6-14-19(15,16)10-5-9(7-13-3)18-11(10)12/h5,8,13-14H,4,6-7H2,1-3H3. The molecule has 19 heavy (non-hydrogen) atoms. The molecule has 0 amide bonds. The van der Waals surface area contributed by atoms with E-state index in [2.05, 4.69) is 26.0 Å². The summed E-state index contributed by atoms with van der Waals surface area (Å²) in [5.41, 5.74) is 0. The van der Waals surface area contributed by atoms with Crippen molar-refractivity contribution in [2.75, 3.05) is 20.2 Å². The fourth-order valence-corrected chi connectivity index (χ4v) is 5.30. The Labute approximate surface area is 126 Å². The van der Waals surface area contributed by atoms with E-state index in [1.165, 1.54) is 11.3 Å². The summed E-state index contributed by atoms with van der Waals surface area (Å²) in [4.78, 5) is 1.25. The minimum atomic E-state index is -3.50. The van der Waals surface area contributed by atoms with Crippen molar-refractivity contribution < 1.29 is 13.2 Å². The van der Waals surface area contributed by atoms with E-state index in [0.717, 1.165) is 4.88 Å². The Bertz CT molecular complexity index is 502. The lowest BCUT2D eigenvalue weighted by Gasteiger charge is -2.12. The van der Waals surface area contributed by atoms with Crippen LogP contribution >= 0.6 is 27.3 Å². The molecule has 1 heterocycles. The second kappa shape index (κ2) is 7.70. The van der Waals surface area contributed by atoms with E-state index in [9.17, 15) is 8.42 Å². The normalized spacial score (nSPS) is 13.7. The maximum atomic E-state index is 12.2. The second-order valence-corrected chi connectivity index (χ2v) is 8.19. The van der Waals surface area contributed by atoms with Gasteiger partial charge in [-0.15, -0.1) is 11.3 Å². The summed E-state index contributed by atoms with van der Waals surface area (Å²) in [7, 11) is -1.67. The summed E-state index contributed by atoms with van der Waals surface area (Å²) in [6.07, 6.45) is -0.144. The Kier molecular flexibility index (Phi) is 6.92. The molecule has 110 valence electrons. The SMILES string of the molecule is CCOC(C)CNS(=O)(=O)c1cc(CNC)sc1Br. The van der Waals surface area contributed by atoms with Gasteiger partial charge in [0.25, 0.3) is 0 Å². The van der Waals surface area contributed by atoms with E-state index in [1.807, 2.05) is 20.9 Å².